The number of aliphatic imine (C=N–C) groups is 1. The molecule has 0 saturated carbocycles. The highest BCUT2D eigenvalue weighted by molar-refractivity contribution is 8.14. The fourth-order valence-electron chi connectivity index (χ4n) is 1.84. The molecule has 6 heteroatoms. The average Bonchev–Trinajstić information content (AvgIpc) is 2.83. The number of benzene rings is 1. The van der Waals surface area contributed by atoms with E-state index in [1.54, 1.807) is 17.8 Å². The van der Waals surface area contributed by atoms with Gasteiger partial charge in [0.1, 0.15) is 0 Å². The van der Waals surface area contributed by atoms with Gasteiger partial charge in [-0.15, -0.1) is 0 Å². The number of alkyl halides is 3. The Bertz CT molecular complexity index is 471. The van der Waals surface area contributed by atoms with Crippen LogP contribution in [0.25, 0.3) is 0 Å². The van der Waals surface area contributed by atoms with Gasteiger partial charge < -0.3 is 5.32 Å². The molecule has 19 heavy (non-hydrogen) atoms. The summed E-state index contributed by atoms with van der Waals surface area (Å²) < 4.78 is 38.4. The molecule has 1 fully saturated rings. The summed E-state index contributed by atoms with van der Waals surface area (Å²) in [5.74, 6) is 0.927. The zero-order valence-electron chi connectivity index (χ0n) is 10.5. The quantitative estimate of drug-likeness (QED) is 0.917. The van der Waals surface area contributed by atoms with Gasteiger partial charge in [0.2, 0.25) is 0 Å². The minimum Gasteiger partial charge on any atom is -0.361 e. The Morgan fingerprint density at radius 1 is 1.37 bits per heavy atom. The lowest BCUT2D eigenvalue weighted by Crippen LogP contribution is -2.25. The van der Waals surface area contributed by atoms with Gasteiger partial charge in [0, 0.05) is 11.8 Å². The number of rotatable bonds is 3. The third-order valence-corrected chi connectivity index (χ3v) is 4.05. The monoisotopic (exact) mass is 288 g/mol. The van der Waals surface area contributed by atoms with Crippen LogP contribution < -0.4 is 5.32 Å². The second-order valence-electron chi connectivity index (χ2n) is 4.34. The molecule has 1 saturated heterocycles. The van der Waals surface area contributed by atoms with Crippen molar-refractivity contribution in [3.8, 4) is 0 Å². The molecule has 0 aromatic heterocycles. The molecule has 1 N–H and O–H groups in total. The maximum absolute atomic E-state index is 12.8. The van der Waals surface area contributed by atoms with Crippen LogP contribution in [-0.2, 0) is 12.7 Å². The molecular formula is C13H15F3N2S. The first kappa shape index (κ1) is 14.2. The highest BCUT2D eigenvalue weighted by atomic mass is 32.2. The number of amidine groups is 1. The highest BCUT2D eigenvalue weighted by Crippen LogP contribution is 2.32. The smallest absolute Gasteiger partial charge is 0.361 e. The Morgan fingerprint density at radius 3 is 2.74 bits per heavy atom. The standard InChI is InChI=1S/C13H15F3N2S/c1-2-10-8-19-12(18-10)17-7-9-5-3-4-6-11(9)13(14,15)16/h3-6,10H,2,7-8H2,1H3,(H,17,18). The molecule has 0 radical (unpaired) electrons. The minimum absolute atomic E-state index is 0.0570. The Hall–Kier alpha value is -1.17. The fourth-order valence-corrected chi connectivity index (χ4v) is 2.92. The van der Waals surface area contributed by atoms with Gasteiger partial charge in [0.25, 0.3) is 0 Å². The molecule has 1 unspecified atom stereocenters. The summed E-state index contributed by atoms with van der Waals surface area (Å²) in [6.07, 6.45) is -3.33. The third-order valence-electron chi connectivity index (χ3n) is 2.96. The van der Waals surface area contributed by atoms with Crippen molar-refractivity contribution in [1.82, 2.24) is 5.32 Å². The average molecular weight is 288 g/mol. The SMILES string of the molecule is CCC1CSC(=NCc2ccccc2C(F)(F)F)N1. The summed E-state index contributed by atoms with van der Waals surface area (Å²) in [4.78, 5) is 4.23. The molecule has 1 aromatic carbocycles. The zero-order chi connectivity index (χ0) is 13.9. The van der Waals surface area contributed by atoms with E-state index in [-0.39, 0.29) is 12.1 Å². The summed E-state index contributed by atoms with van der Waals surface area (Å²) in [6, 6.07) is 5.95. The Labute approximate surface area is 114 Å². The lowest BCUT2D eigenvalue weighted by molar-refractivity contribution is -0.138. The van der Waals surface area contributed by atoms with E-state index < -0.39 is 11.7 Å². The molecule has 104 valence electrons. The van der Waals surface area contributed by atoms with E-state index in [9.17, 15) is 13.2 Å². The maximum atomic E-state index is 12.8. The van der Waals surface area contributed by atoms with E-state index in [0.717, 1.165) is 23.4 Å². The van der Waals surface area contributed by atoms with Crippen LogP contribution in [0.3, 0.4) is 0 Å². The van der Waals surface area contributed by atoms with Crippen LogP contribution in [0.4, 0.5) is 13.2 Å². The first-order valence-electron chi connectivity index (χ1n) is 6.09. The Kier molecular flexibility index (Phi) is 4.39. The van der Waals surface area contributed by atoms with Crippen molar-refractivity contribution in [2.45, 2.75) is 32.1 Å². The van der Waals surface area contributed by atoms with E-state index in [1.165, 1.54) is 12.1 Å². The molecule has 1 aromatic rings. The van der Waals surface area contributed by atoms with Gasteiger partial charge in [0.05, 0.1) is 12.1 Å². The lowest BCUT2D eigenvalue weighted by Gasteiger charge is -2.11. The van der Waals surface area contributed by atoms with Crippen LogP contribution >= 0.6 is 11.8 Å². The molecule has 1 aliphatic rings. The first-order valence-corrected chi connectivity index (χ1v) is 7.08. The van der Waals surface area contributed by atoms with Crippen molar-refractivity contribution in [3.05, 3.63) is 35.4 Å². The molecular weight excluding hydrogens is 273 g/mol. The first-order chi connectivity index (χ1) is 9.00. The number of halogens is 3. The molecule has 1 heterocycles. The van der Waals surface area contributed by atoms with Crippen molar-refractivity contribution in [2.24, 2.45) is 4.99 Å². The van der Waals surface area contributed by atoms with Crippen LogP contribution in [0, 0.1) is 0 Å². The van der Waals surface area contributed by atoms with Crippen LogP contribution in [0.2, 0.25) is 0 Å². The van der Waals surface area contributed by atoms with E-state index >= 15 is 0 Å². The van der Waals surface area contributed by atoms with E-state index in [1.807, 2.05) is 0 Å². The van der Waals surface area contributed by atoms with Crippen LogP contribution in [-0.4, -0.2) is 17.0 Å². The van der Waals surface area contributed by atoms with Crippen LogP contribution in [0.1, 0.15) is 24.5 Å². The molecule has 1 atom stereocenters. The van der Waals surface area contributed by atoms with Gasteiger partial charge in [-0.05, 0) is 18.1 Å². The summed E-state index contributed by atoms with van der Waals surface area (Å²) >= 11 is 1.57. The van der Waals surface area contributed by atoms with Gasteiger partial charge in [-0.2, -0.15) is 13.2 Å². The number of hydrogen-bond donors (Lipinski definition) is 1. The molecule has 0 spiro atoms. The molecule has 2 nitrogen and oxygen atoms in total. The van der Waals surface area contributed by atoms with Gasteiger partial charge in [-0.3, -0.25) is 4.99 Å². The number of thioether (sulfide) groups is 1. The summed E-state index contributed by atoms with van der Waals surface area (Å²) in [6.45, 7) is 2.13. The normalized spacial score (nSPS) is 21.7. The molecule has 0 bridgehead atoms. The number of hydrogen-bond acceptors (Lipinski definition) is 2. The van der Waals surface area contributed by atoms with Crippen molar-refractivity contribution in [2.75, 3.05) is 5.75 Å². The minimum atomic E-state index is -4.32. The van der Waals surface area contributed by atoms with Crippen molar-refractivity contribution >= 4 is 16.9 Å². The molecule has 0 amide bonds. The predicted molar refractivity (Wildman–Crippen MR) is 72.3 cm³/mol. The number of nitrogens with zero attached hydrogens (tertiary/aromatic N) is 1. The topological polar surface area (TPSA) is 24.4 Å². The Morgan fingerprint density at radius 2 is 2.11 bits per heavy atom. The summed E-state index contributed by atoms with van der Waals surface area (Å²) in [5, 5.41) is 3.94. The fraction of sp³-hybridized carbons (Fsp3) is 0.462. The molecule has 1 aliphatic heterocycles. The lowest BCUT2D eigenvalue weighted by atomic mass is 10.1. The molecule has 2 rings (SSSR count). The van der Waals surface area contributed by atoms with Gasteiger partial charge in [-0.25, -0.2) is 0 Å². The van der Waals surface area contributed by atoms with Crippen LogP contribution in [0.15, 0.2) is 29.3 Å². The van der Waals surface area contributed by atoms with E-state index in [0.29, 0.717) is 6.04 Å². The van der Waals surface area contributed by atoms with Gasteiger partial charge >= 0.3 is 6.18 Å². The molecule has 0 aliphatic carbocycles. The van der Waals surface area contributed by atoms with Crippen molar-refractivity contribution in [1.29, 1.82) is 0 Å². The van der Waals surface area contributed by atoms with Gasteiger partial charge in [0.15, 0.2) is 5.17 Å². The van der Waals surface area contributed by atoms with Crippen molar-refractivity contribution in [3.63, 3.8) is 0 Å². The highest BCUT2D eigenvalue weighted by Gasteiger charge is 2.32. The van der Waals surface area contributed by atoms with E-state index in [2.05, 4.69) is 17.2 Å². The van der Waals surface area contributed by atoms with Gasteiger partial charge in [-0.1, -0.05) is 36.9 Å². The summed E-state index contributed by atoms with van der Waals surface area (Å²) in [5.41, 5.74) is -0.390. The third kappa shape index (κ3) is 3.65. The van der Waals surface area contributed by atoms with Crippen LogP contribution in [0.5, 0.6) is 0 Å². The second-order valence-corrected chi connectivity index (χ2v) is 5.35. The summed E-state index contributed by atoms with van der Waals surface area (Å²) in [7, 11) is 0. The largest absolute Gasteiger partial charge is 0.416 e. The zero-order valence-corrected chi connectivity index (χ0v) is 11.3. The second kappa shape index (κ2) is 5.86. The maximum Gasteiger partial charge on any atom is 0.416 e. The number of nitrogens with one attached hydrogen (secondary N) is 1. The Balaban J connectivity index is 2.10. The predicted octanol–water partition coefficient (Wildman–Crippen LogP) is 3.68. The van der Waals surface area contributed by atoms with E-state index in [4.69, 9.17) is 0 Å². The van der Waals surface area contributed by atoms with Crippen molar-refractivity contribution < 1.29 is 13.2 Å².